The lowest BCUT2D eigenvalue weighted by Gasteiger charge is -2.09. The molecule has 0 bridgehead atoms. The van der Waals surface area contributed by atoms with Gasteiger partial charge in [-0.1, -0.05) is 20.3 Å². The van der Waals surface area contributed by atoms with Crippen LogP contribution in [0, 0.1) is 6.92 Å². The first-order valence-electron chi connectivity index (χ1n) is 7.07. The molecule has 0 saturated heterocycles. The van der Waals surface area contributed by atoms with Crippen LogP contribution in [0.2, 0.25) is 0 Å². The zero-order valence-corrected chi connectivity index (χ0v) is 12.9. The van der Waals surface area contributed by atoms with E-state index in [0.29, 0.717) is 0 Å². The lowest BCUT2D eigenvalue weighted by Crippen LogP contribution is -2.09. The SMILES string of the molecule is CCCCNc1nc(C)cn1Cc1sccc1CC. The topological polar surface area (TPSA) is 29.9 Å². The van der Waals surface area contributed by atoms with Gasteiger partial charge in [0.05, 0.1) is 12.2 Å². The zero-order valence-electron chi connectivity index (χ0n) is 12.1. The van der Waals surface area contributed by atoms with E-state index in [1.807, 2.05) is 11.3 Å². The molecular weight excluding hydrogens is 254 g/mol. The van der Waals surface area contributed by atoms with E-state index in [1.165, 1.54) is 23.3 Å². The molecule has 1 N–H and O–H groups in total. The average molecular weight is 277 g/mol. The molecule has 0 aliphatic rings. The molecule has 4 heteroatoms. The summed E-state index contributed by atoms with van der Waals surface area (Å²) >= 11 is 1.84. The number of anilines is 1. The van der Waals surface area contributed by atoms with Gasteiger partial charge in [0.1, 0.15) is 0 Å². The van der Waals surface area contributed by atoms with E-state index in [2.05, 4.69) is 53.3 Å². The number of rotatable bonds is 7. The van der Waals surface area contributed by atoms with Crippen LogP contribution in [-0.2, 0) is 13.0 Å². The smallest absolute Gasteiger partial charge is 0.203 e. The van der Waals surface area contributed by atoms with Crippen molar-refractivity contribution in [1.29, 1.82) is 0 Å². The Morgan fingerprint density at radius 3 is 2.95 bits per heavy atom. The van der Waals surface area contributed by atoms with Crippen LogP contribution < -0.4 is 5.32 Å². The molecule has 0 aromatic carbocycles. The van der Waals surface area contributed by atoms with Gasteiger partial charge in [-0.2, -0.15) is 0 Å². The summed E-state index contributed by atoms with van der Waals surface area (Å²) in [6, 6.07) is 2.23. The van der Waals surface area contributed by atoms with Gasteiger partial charge in [0.25, 0.3) is 0 Å². The third-order valence-electron chi connectivity index (χ3n) is 3.24. The van der Waals surface area contributed by atoms with Crippen molar-refractivity contribution < 1.29 is 0 Å². The predicted octanol–water partition coefficient (Wildman–Crippen LogP) is 4.08. The minimum Gasteiger partial charge on any atom is -0.356 e. The van der Waals surface area contributed by atoms with Crippen LogP contribution in [0.5, 0.6) is 0 Å². The van der Waals surface area contributed by atoms with Crippen molar-refractivity contribution in [2.24, 2.45) is 0 Å². The third kappa shape index (κ3) is 3.60. The first kappa shape index (κ1) is 14.1. The highest BCUT2D eigenvalue weighted by molar-refractivity contribution is 7.10. The van der Waals surface area contributed by atoms with Crippen molar-refractivity contribution in [3.05, 3.63) is 33.8 Å². The molecule has 2 aromatic heterocycles. The number of hydrogen-bond acceptors (Lipinski definition) is 3. The van der Waals surface area contributed by atoms with E-state index >= 15 is 0 Å². The van der Waals surface area contributed by atoms with E-state index in [4.69, 9.17) is 0 Å². The Bertz CT molecular complexity index is 513. The Morgan fingerprint density at radius 1 is 1.37 bits per heavy atom. The molecule has 3 nitrogen and oxygen atoms in total. The number of nitrogens with one attached hydrogen (secondary N) is 1. The molecule has 2 aromatic rings. The normalized spacial score (nSPS) is 10.9. The summed E-state index contributed by atoms with van der Waals surface area (Å²) < 4.78 is 2.23. The number of unbranched alkanes of at least 4 members (excludes halogenated alkanes) is 1. The molecule has 0 atom stereocenters. The monoisotopic (exact) mass is 277 g/mol. The highest BCUT2D eigenvalue weighted by Crippen LogP contribution is 2.21. The van der Waals surface area contributed by atoms with Crippen LogP contribution >= 0.6 is 11.3 Å². The molecule has 2 rings (SSSR count). The van der Waals surface area contributed by atoms with E-state index in [9.17, 15) is 0 Å². The summed E-state index contributed by atoms with van der Waals surface area (Å²) in [5.41, 5.74) is 2.53. The summed E-state index contributed by atoms with van der Waals surface area (Å²) in [4.78, 5) is 6.02. The second-order valence-electron chi connectivity index (χ2n) is 4.84. The predicted molar refractivity (Wildman–Crippen MR) is 83.2 cm³/mol. The Kier molecular flexibility index (Phi) is 5.02. The van der Waals surface area contributed by atoms with Crippen LogP contribution in [0.25, 0.3) is 0 Å². The zero-order chi connectivity index (χ0) is 13.7. The van der Waals surface area contributed by atoms with Gasteiger partial charge in [-0.25, -0.2) is 4.98 Å². The molecule has 0 amide bonds. The van der Waals surface area contributed by atoms with E-state index in [-0.39, 0.29) is 0 Å². The van der Waals surface area contributed by atoms with E-state index in [1.54, 1.807) is 0 Å². The summed E-state index contributed by atoms with van der Waals surface area (Å²) in [5.74, 6) is 1.00. The van der Waals surface area contributed by atoms with Gasteiger partial charge in [0, 0.05) is 17.6 Å². The number of aryl methyl sites for hydroxylation is 2. The molecule has 0 aliphatic heterocycles. The third-order valence-corrected chi connectivity index (χ3v) is 4.19. The summed E-state index contributed by atoms with van der Waals surface area (Å²) in [6.07, 6.45) is 5.63. The van der Waals surface area contributed by atoms with Crippen LogP contribution in [-0.4, -0.2) is 16.1 Å². The maximum Gasteiger partial charge on any atom is 0.203 e. The quantitative estimate of drug-likeness (QED) is 0.773. The Labute approximate surface area is 119 Å². The van der Waals surface area contributed by atoms with Crippen LogP contribution in [0.4, 0.5) is 5.95 Å². The van der Waals surface area contributed by atoms with Crippen LogP contribution in [0.3, 0.4) is 0 Å². The minimum atomic E-state index is 0.927. The highest BCUT2D eigenvalue weighted by Gasteiger charge is 2.08. The number of hydrogen-bond donors (Lipinski definition) is 1. The van der Waals surface area contributed by atoms with Gasteiger partial charge in [0.15, 0.2) is 0 Å². The Hall–Kier alpha value is -1.29. The van der Waals surface area contributed by atoms with Gasteiger partial charge in [-0.3, -0.25) is 0 Å². The second kappa shape index (κ2) is 6.75. The standard InChI is InChI=1S/C15H23N3S/c1-4-6-8-16-15-17-12(3)10-18(15)11-14-13(5-2)7-9-19-14/h7,9-10H,4-6,8,11H2,1-3H3,(H,16,17). The molecule has 0 fully saturated rings. The van der Waals surface area contributed by atoms with Gasteiger partial charge in [-0.15, -0.1) is 11.3 Å². The van der Waals surface area contributed by atoms with Gasteiger partial charge < -0.3 is 9.88 Å². The van der Waals surface area contributed by atoms with Crippen molar-refractivity contribution in [3.63, 3.8) is 0 Å². The fourth-order valence-electron chi connectivity index (χ4n) is 2.16. The van der Waals surface area contributed by atoms with Crippen molar-refractivity contribution in [1.82, 2.24) is 9.55 Å². The van der Waals surface area contributed by atoms with E-state index < -0.39 is 0 Å². The first-order valence-corrected chi connectivity index (χ1v) is 7.95. The maximum atomic E-state index is 4.57. The number of aromatic nitrogens is 2. The molecule has 104 valence electrons. The lowest BCUT2D eigenvalue weighted by atomic mass is 10.2. The molecule has 0 aliphatic carbocycles. The number of thiophene rings is 1. The molecule has 0 spiro atoms. The van der Waals surface area contributed by atoms with Crippen molar-refractivity contribution in [2.45, 2.75) is 46.6 Å². The maximum absolute atomic E-state index is 4.57. The van der Waals surface area contributed by atoms with Gasteiger partial charge in [-0.05, 0) is 36.8 Å². The Balaban J connectivity index is 2.11. The van der Waals surface area contributed by atoms with Gasteiger partial charge in [0.2, 0.25) is 5.95 Å². The van der Waals surface area contributed by atoms with Crippen molar-refractivity contribution >= 4 is 17.3 Å². The summed E-state index contributed by atoms with van der Waals surface area (Å²) in [6.45, 7) is 8.40. The van der Waals surface area contributed by atoms with Crippen LogP contribution in [0.1, 0.15) is 42.8 Å². The molecule has 0 unspecified atom stereocenters. The van der Waals surface area contributed by atoms with Crippen LogP contribution in [0.15, 0.2) is 17.6 Å². The molecule has 0 saturated carbocycles. The van der Waals surface area contributed by atoms with Gasteiger partial charge >= 0.3 is 0 Å². The molecular formula is C15H23N3S. The molecule has 0 radical (unpaired) electrons. The average Bonchev–Trinajstić information content (AvgIpc) is 2.97. The van der Waals surface area contributed by atoms with Crippen molar-refractivity contribution in [3.8, 4) is 0 Å². The summed E-state index contributed by atoms with van der Waals surface area (Å²) in [7, 11) is 0. The number of nitrogens with zero attached hydrogens (tertiary/aromatic N) is 2. The first-order chi connectivity index (χ1) is 9.24. The second-order valence-corrected chi connectivity index (χ2v) is 5.84. The fraction of sp³-hybridized carbons (Fsp3) is 0.533. The molecule has 19 heavy (non-hydrogen) atoms. The van der Waals surface area contributed by atoms with Crippen molar-refractivity contribution in [2.75, 3.05) is 11.9 Å². The number of imidazole rings is 1. The lowest BCUT2D eigenvalue weighted by molar-refractivity contribution is 0.778. The fourth-order valence-corrected chi connectivity index (χ4v) is 3.13. The minimum absolute atomic E-state index is 0.927. The molecule has 2 heterocycles. The Morgan fingerprint density at radius 2 is 2.21 bits per heavy atom. The summed E-state index contributed by atoms with van der Waals surface area (Å²) in [5, 5.41) is 5.62. The van der Waals surface area contributed by atoms with E-state index in [0.717, 1.165) is 31.2 Å². The largest absolute Gasteiger partial charge is 0.356 e. The highest BCUT2D eigenvalue weighted by atomic mass is 32.1.